The van der Waals surface area contributed by atoms with Crippen LogP contribution in [0.1, 0.15) is 10.4 Å². The zero-order valence-corrected chi connectivity index (χ0v) is 9.35. The summed E-state index contributed by atoms with van der Waals surface area (Å²) in [5.41, 5.74) is 3.49. The molecular formula is C12H11FN4O. The highest BCUT2D eigenvalue weighted by atomic mass is 19.1. The van der Waals surface area contributed by atoms with Crippen LogP contribution in [0.15, 0.2) is 42.7 Å². The fraction of sp³-hybridized carbons (Fsp3) is 0. The van der Waals surface area contributed by atoms with Gasteiger partial charge in [-0.1, -0.05) is 6.07 Å². The van der Waals surface area contributed by atoms with Crippen LogP contribution >= 0.6 is 0 Å². The number of anilines is 2. The minimum absolute atomic E-state index is 0.282. The monoisotopic (exact) mass is 246 g/mol. The van der Waals surface area contributed by atoms with Crippen molar-refractivity contribution in [3.63, 3.8) is 0 Å². The summed E-state index contributed by atoms with van der Waals surface area (Å²) in [6, 6.07) is 7.19. The van der Waals surface area contributed by atoms with Gasteiger partial charge in [0.05, 0.1) is 11.3 Å². The predicted octanol–water partition coefficient (Wildman–Crippen LogP) is 1.76. The van der Waals surface area contributed by atoms with E-state index in [0.717, 1.165) is 0 Å². The highest BCUT2D eigenvalue weighted by Gasteiger charge is 2.11. The summed E-state index contributed by atoms with van der Waals surface area (Å²) in [6.07, 6.45) is 2.89. The first-order valence-electron chi connectivity index (χ1n) is 5.18. The fourth-order valence-electron chi connectivity index (χ4n) is 1.47. The minimum atomic E-state index is -0.420. The average Bonchev–Trinajstić information content (AvgIpc) is 2.38. The van der Waals surface area contributed by atoms with E-state index >= 15 is 0 Å². The number of nitrogens with zero attached hydrogens (tertiary/aromatic N) is 1. The third-order valence-corrected chi connectivity index (χ3v) is 2.30. The second-order valence-corrected chi connectivity index (χ2v) is 3.53. The van der Waals surface area contributed by atoms with E-state index in [1.807, 2.05) is 0 Å². The number of nitrogens with two attached hydrogens (primary N) is 1. The van der Waals surface area contributed by atoms with E-state index in [-0.39, 0.29) is 5.56 Å². The number of rotatable bonds is 3. The molecule has 0 aliphatic rings. The first-order chi connectivity index (χ1) is 8.70. The van der Waals surface area contributed by atoms with Gasteiger partial charge in [-0.15, -0.1) is 0 Å². The maximum absolute atomic E-state index is 13.0. The van der Waals surface area contributed by atoms with E-state index in [0.29, 0.717) is 11.4 Å². The van der Waals surface area contributed by atoms with Crippen molar-refractivity contribution in [3.05, 3.63) is 54.1 Å². The lowest BCUT2D eigenvalue weighted by atomic mass is 10.2. The molecule has 1 heterocycles. The molecule has 0 fully saturated rings. The summed E-state index contributed by atoms with van der Waals surface area (Å²) in [7, 11) is 0. The first kappa shape index (κ1) is 12.0. The van der Waals surface area contributed by atoms with E-state index in [1.165, 1.54) is 30.6 Å². The van der Waals surface area contributed by atoms with Crippen LogP contribution in [-0.4, -0.2) is 10.9 Å². The molecule has 1 aromatic carbocycles. The molecule has 6 heteroatoms. The van der Waals surface area contributed by atoms with Crippen LogP contribution < -0.4 is 16.6 Å². The molecule has 0 saturated heterocycles. The number of amides is 1. The maximum Gasteiger partial charge on any atom is 0.259 e. The summed E-state index contributed by atoms with van der Waals surface area (Å²) >= 11 is 0. The predicted molar refractivity (Wildman–Crippen MR) is 66.4 cm³/mol. The number of nitrogen functional groups attached to an aromatic ring is 1. The van der Waals surface area contributed by atoms with Crippen molar-refractivity contribution < 1.29 is 9.18 Å². The molecule has 18 heavy (non-hydrogen) atoms. The quantitative estimate of drug-likeness (QED) is 0.569. The van der Waals surface area contributed by atoms with Gasteiger partial charge in [-0.3, -0.25) is 15.6 Å². The molecule has 2 rings (SSSR count). The second kappa shape index (κ2) is 5.24. The molecule has 0 saturated carbocycles. The van der Waals surface area contributed by atoms with Crippen LogP contribution in [0.25, 0.3) is 0 Å². The molecule has 92 valence electrons. The lowest BCUT2D eigenvalue weighted by molar-refractivity contribution is 0.102. The summed E-state index contributed by atoms with van der Waals surface area (Å²) < 4.78 is 13.0. The lowest BCUT2D eigenvalue weighted by Crippen LogP contribution is -2.17. The van der Waals surface area contributed by atoms with E-state index in [2.05, 4.69) is 15.7 Å². The third-order valence-electron chi connectivity index (χ3n) is 2.30. The molecule has 1 aromatic heterocycles. The van der Waals surface area contributed by atoms with E-state index in [9.17, 15) is 9.18 Å². The Bertz CT molecular complexity index is 574. The standard InChI is InChI=1S/C12H11FN4O/c13-8-2-1-3-9(6-8)16-12(18)10-7-15-5-4-11(10)17-14/h1-7H,14H2,(H,15,17)(H,16,18). The SMILES string of the molecule is NNc1ccncc1C(=O)Nc1cccc(F)c1. The summed E-state index contributed by atoms with van der Waals surface area (Å²) in [4.78, 5) is 15.8. The van der Waals surface area contributed by atoms with Crippen LogP contribution in [-0.2, 0) is 0 Å². The van der Waals surface area contributed by atoms with Gasteiger partial charge in [0.15, 0.2) is 0 Å². The number of carbonyl (C=O) groups excluding carboxylic acids is 1. The number of halogens is 1. The van der Waals surface area contributed by atoms with Crippen LogP contribution in [0.5, 0.6) is 0 Å². The molecule has 0 aliphatic heterocycles. The topological polar surface area (TPSA) is 80.0 Å². The van der Waals surface area contributed by atoms with Gasteiger partial charge in [-0.25, -0.2) is 4.39 Å². The van der Waals surface area contributed by atoms with Crippen molar-refractivity contribution in [1.29, 1.82) is 0 Å². The molecule has 1 amide bonds. The number of hydrazine groups is 1. The van der Waals surface area contributed by atoms with Crippen LogP contribution in [0.4, 0.5) is 15.8 Å². The summed E-state index contributed by atoms with van der Waals surface area (Å²) in [5.74, 6) is 4.45. The first-order valence-corrected chi connectivity index (χ1v) is 5.18. The van der Waals surface area contributed by atoms with Gasteiger partial charge in [0.2, 0.25) is 0 Å². The summed E-state index contributed by atoms with van der Waals surface area (Å²) in [6.45, 7) is 0. The number of carbonyl (C=O) groups is 1. The largest absolute Gasteiger partial charge is 0.323 e. The molecule has 5 nitrogen and oxygen atoms in total. The highest BCUT2D eigenvalue weighted by molar-refractivity contribution is 6.07. The van der Waals surface area contributed by atoms with Crippen molar-refractivity contribution in [2.75, 3.05) is 10.7 Å². The molecule has 0 bridgehead atoms. The number of hydrogen-bond donors (Lipinski definition) is 3. The van der Waals surface area contributed by atoms with Crippen molar-refractivity contribution >= 4 is 17.3 Å². The molecule has 2 aromatic rings. The van der Waals surface area contributed by atoms with E-state index < -0.39 is 11.7 Å². The smallest absolute Gasteiger partial charge is 0.259 e. The van der Waals surface area contributed by atoms with Gasteiger partial charge in [0.1, 0.15) is 5.82 Å². The molecule has 0 spiro atoms. The van der Waals surface area contributed by atoms with E-state index in [4.69, 9.17) is 5.84 Å². The Morgan fingerprint density at radius 2 is 2.17 bits per heavy atom. The van der Waals surface area contributed by atoms with Gasteiger partial charge in [0.25, 0.3) is 5.91 Å². The molecule has 0 radical (unpaired) electrons. The Kier molecular flexibility index (Phi) is 3.49. The lowest BCUT2D eigenvalue weighted by Gasteiger charge is -2.08. The number of hydrogen-bond acceptors (Lipinski definition) is 4. The average molecular weight is 246 g/mol. The van der Waals surface area contributed by atoms with Gasteiger partial charge >= 0.3 is 0 Å². The maximum atomic E-state index is 13.0. The third kappa shape index (κ3) is 2.61. The molecular weight excluding hydrogens is 235 g/mol. The fourth-order valence-corrected chi connectivity index (χ4v) is 1.47. The Hall–Kier alpha value is -2.47. The van der Waals surface area contributed by atoms with Crippen molar-refractivity contribution in [1.82, 2.24) is 4.98 Å². The molecule has 0 unspecified atom stereocenters. The van der Waals surface area contributed by atoms with Crippen molar-refractivity contribution in [2.24, 2.45) is 5.84 Å². The minimum Gasteiger partial charge on any atom is -0.323 e. The van der Waals surface area contributed by atoms with Gasteiger partial charge in [-0.05, 0) is 24.3 Å². The van der Waals surface area contributed by atoms with Gasteiger partial charge in [0, 0.05) is 18.1 Å². The number of nitrogens with one attached hydrogen (secondary N) is 2. The highest BCUT2D eigenvalue weighted by Crippen LogP contribution is 2.15. The van der Waals surface area contributed by atoms with Gasteiger partial charge in [-0.2, -0.15) is 0 Å². The Balaban J connectivity index is 2.22. The van der Waals surface area contributed by atoms with Crippen molar-refractivity contribution in [2.45, 2.75) is 0 Å². The van der Waals surface area contributed by atoms with Gasteiger partial charge < -0.3 is 10.7 Å². The Morgan fingerprint density at radius 3 is 2.89 bits per heavy atom. The Morgan fingerprint density at radius 1 is 1.33 bits per heavy atom. The zero-order valence-electron chi connectivity index (χ0n) is 9.35. The second-order valence-electron chi connectivity index (χ2n) is 3.53. The van der Waals surface area contributed by atoms with Crippen molar-refractivity contribution in [3.8, 4) is 0 Å². The normalized spacial score (nSPS) is 9.89. The molecule has 4 N–H and O–H groups in total. The zero-order chi connectivity index (χ0) is 13.0. The molecule has 0 aliphatic carbocycles. The van der Waals surface area contributed by atoms with Crippen LogP contribution in [0.2, 0.25) is 0 Å². The number of aromatic nitrogens is 1. The van der Waals surface area contributed by atoms with Crippen LogP contribution in [0, 0.1) is 5.82 Å². The summed E-state index contributed by atoms with van der Waals surface area (Å²) in [5, 5.41) is 2.56. The Labute approximate surface area is 103 Å². The number of benzene rings is 1. The molecule has 0 atom stereocenters. The number of pyridine rings is 1. The van der Waals surface area contributed by atoms with Crippen LogP contribution in [0.3, 0.4) is 0 Å². The van der Waals surface area contributed by atoms with E-state index in [1.54, 1.807) is 12.1 Å².